The van der Waals surface area contributed by atoms with Crippen molar-refractivity contribution in [1.29, 1.82) is 0 Å². The smallest absolute Gasteiger partial charge is 0.283 e. The standard InChI is InChI=1S/C18H15ClN2O2S2/c1-3-7-25-18-20-15(9-12-6-8-24-11-12)17(22)21(18)13-4-5-16(23-2)14(19)10-13/h3-6,8-11H,1,7H2,2H3. The number of anilines is 1. The lowest BCUT2D eigenvalue weighted by Gasteiger charge is -2.18. The van der Waals surface area contributed by atoms with Gasteiger partial charge >= 0.3 is 0 Å². The number of aliphatic imine (C=N–C) groups is 1. The van der Waals surface area contributed by atoms with Crippen molar-refractivity contribution in [3.63, 3.8) is 0 Å². The van der Waals surface area contributed by atoms with E-state index in [0.29, 0.717) is 33.1 Å². The number of hydrogen-bond donors (Lipinski definition) is 0. The van der Waals surface area contributed by atoms with E-state index in [2.05, 4.69) is 11.6 Å². The maximum atomic E-state index is 12.9. The van der Waals surface area contributed by atoms with E-state index >= 15 is 0 Å². The van der Waals surface area contributed by atoms with Crippen molar-refractivity contribution >= 4 is 57.5 Å². The summed E-state index contributed by atoms with van der Waals surface area (Å²) in [6, 6.07) is 7.18. The lowest BCUT2D eigenvalue weighted by molar-refractivity contribution is -0.113. The van der Waals surface area contributed by atoms with E-state index < -0.39 is 0 Å². The number of thiophene rings is 1. The van der Waals surface area contributed by atoms with Crippen molar-refractivity contribution in [2.75, 3.05) is 17.8 Å². The Labute approximate surface area is 159 Å². The highest BCUT2D eigenvalue weighted by Gasteiger charge is 2.32. The SMILES string of the molecule is C=CCSC1=NC(=Cc2ccsc2)C(=O)N1c1ccc(OC)c(Cl)c1. The molecule has 0 saturated heterocycles. The second-order valence-electron chi connectivity index (χ2n) is 5.04. The zero-order chi connectivity index (χ0) is 17.8. The van der Waals surface area contributed by atoms with Crippen LogP contribution in [0.1, 0.15) is 5.56 Å². The molecule has 0 spiro atoms. The van der Waals surface area contributed by atoms with Crippen LogP contribution in [-0.4, -0.2) is 23.9 Å². The summed E-state index contributed by atoms with van der Waals surface area (Å²) in [6.07, 6.45) is 3.57. The summed E-state index contributed by atoms with van der Waals surface area (Å²) in [6.45, 7) is 3.72. The summed E-state index contributed by atoms with van der Waals surface area (Å²) < 4.78 is 5.18. The molecule has 1 amide bonds. The molecule has 0 radical (unpaired) electrons. The Morgan fingerprint density at radius 2 is 2.28 bits per heavy atom. The maximum Gasteiger partial charge on any atom is 0.283 e. The molecule has 2 aromatic rings. The first kappa shape index (κ1) is 17.8. The summed E-state index contributed by atoms with van der Waals surface area (Å²) in [5.74, 6) is 1.03. The topological polar surface area (TPSA) is 41.9 Å². The molecule has 3 rings (SSSR count). The van der Waals surface area contributed by atoms with Crippen molar-refractivity contribution < 1.29 is 9.53 Å². The van der Waals surface area contributed by atoms with Crippen molar-refractivity contribution in [2.24, 2.45) is 4.99 Å². The minimum Gasteiger partial charge on any atom is -0.495 e. The predicted octanol–water partition coefficient (Wildman–Crippen LogP) is 5.07. The monoisotopic (exact) mass is 390 g/mol. The third kappa shape index (κ3) is 3.81. The Bertz CT molecular complexity index is 860. The van der Waals surface area contributed by atoms with Gasteiger partial charge in [-0.2, -0.15) is 11.3 Å². The molecular formula is C18H15ClN2O2S2. The highest BCUT2D eigenvalue weighted by molar-refractivity contribution is 8.14. The van der Waals surface area contributed by atoms with E-state index in [-0.39, 0.29) is 5.91 Å². The van der Waals surface area contributed by atoms with Crippen LogP contribution in [0.3, 0.4) is 0 Å². The first-order chi connectivity index (χ1) is 12.1. The van der Waals surface area contributed by atoms with Gasteiger partial charge in [-0.05, 0) is 46.7 Å². The number of nitrogens with zero attached hydrogens (tertiary/aromatic N) is 2. The van der Waals surface area contributed by atoms with Crippen molar-refractivity contribution in [2.45, 2.75) is 0 Å². The lowest BCUT2D eigenvalue weighted by Crippen LogP contribution is -2.30. The van der Waals surface area contributed by atoms with Crippen molar-refractivity contribution in [3.05, 3.63) is 64.0 Å². The van der Waals surface area contributed by atoms with E-state index in [1.54, 1.807) is 53.7 Å². The van der Waals surface area contributed by atoms with E-state index in [0.717, 1.165) is 5.56 Å². The molecular weight excluding hydrogens is 376 g/mol. The third-order valence-electron chi connectivity index (χ3n) is 3.40. The van der Waals surface area contributed by atoms with Crippen LogP contribution in [0.15, 0.2) is 58.4 Å². The van der Waals surface area contributed by atoms with Gasteiger partial charge in [-0.1, -0.05) is 29.4 Å². The predicted molar refractivity (Wildman–Crippen MR) is 108 cm³/mol. The van der Waals surface area contributed by atoms with Gasteiger partial charge < -0.3 is 4.74 Å². The van der Waals surface area contributed by atoms with Gasteiger partial charge in [0.05, 0.1) is 17.8 Å². The zero-order valence-corrected chi connectivity index (χ0v) is 15.8. The number of methoxy groups -OCH3 is 1. The van der Waals surface area contributed by atoms with Gasteiger partial charge in [0.1, 0.15) is 11.4 Å². The number of thioether (sulfide) groups is 1. The van der Waals surface area contributed by atoms with Gasteiger partial charge in [-0.3, -0.25) is 9.69 Å². The molecule has 1 aliphatic rings. The molecule has 0 bridgehead atoms. The van der Waals surface area contributed by atoms with Crippen LogP contribution >= 0.6 is 34.7 Å². The third-order valence-corrected chi connectivity index (χ3v) is 5.33. The molecule has 0 atom stereocenters. The summed E-state index contributed by atoms with van der Waals surface area (Å²) >= 11 is 9.24. The van der Waals surface area contributed by atoms with Gasteiger partial charge in [0.15, 0.2) is 5.17 Å². The summed E-state index contributed by atoms with van der Waals surface area (Å²) in [4.78, 5) is 19.0. The van der Waals surface area contributed by atoms with Gasteiger partial charge in [0.2, 0.25) is 0 Å². The number of ether oxygens (including phenoxy) is 1. The van der Waals surface area contributed by atoms with Gasteiger partial charge in [0.25, 0.3) is 5.91 Å². The largest absolute Gasteiger partial charge is 0.495 e. The molecule has 0 N–H and O–H groups in total. The van der Waals surface area contributed by atoms with E-state index in [4.69, 9.17) is 16.3 Å². The molecule has 7 heteroatoms. The van der Waals surface area contributed by atoms with Crippen molar-refractivity contribution in [1.82, 2.24) is 0 Å². The number of carbonyl (C=O) groups excluding carboxylic acids is 1. The molecule has 0 fully saturated rings. The van der Waals surface area contributed by atoms with Crippen LogP contribution in [-0.2, 0) is 4.79 Å². The Hall–Kier alpha value is -2.02. The fourth-order valence-electron chi connectivity index (χ4n) is 2.26. The normalized spacial score (nSPS) is 15.6. The molecule has 1 aromatic carbocycles. The minimum absolute atomic E-state index is 0.181. The second kappa shape index (κ2) is 7.91. The average Bonchev–Trinajstić information content (AvgIpc) is 3.22. The molecule has 2 heterocycles. The first-order valence-electron chi connectivity index (χ1n) is 7.38. The number of amidine groups is 1. The molecule has 0 aliphatic carbocycles. The highest BCUT2D eigenvalue weighted by Crippen LogP contribution is 2.34. The number of rotatable bonds is 5. The minimum atomic E-state index is -0.181. The van der Waals surface area contributed by atoms with Crippen LogP contribution in [0.2, 0.25) is 5.02 Å². The van der Waals surface area contributed by atoms with Gasteiger partial charge in [0, 0.05) is 5.75 Å². The average molecular weight is 391 g/mol. The van der Waals surface area contributed by atoms with Crippen LogP contribution in [0, 0.1) is 0 Å². The summed E-state index contributed by atoms with van der Waals surface area (Å²) in [7, 11) is 1.55. The Morgan fingerprint density at radius 3 is 2.92 bits per heavy atom. The molecule has 1 aliphatic heterocycles. The quantitative estimate of drug-likeness (QED) is 0.528. The van der Waals surface area contributed by atoms with Crippen LogP contribution in [0.25, 0.3) is 6.08 Å². The number of halogens is 1. The number of amides is 1. The Morgan fingerprint density at radius 1 is 1.44 bits per heavy atom. The van der Waals surface area contributed by atoms with Crippen LogP contribution in [0.5, 0.6) is 5.75 Å². The van der Waals surface area contributed by atoms with Gasteiger partial charge in [-0.25, -0.2) is 4.99 Å². The van der Waals surface area contributed by atoms with Crippen LogP contribution < -0.4 is 9.64 Å². The number of carbonyl (C=O) groups is 1. The fraction of sp³-hybridized carbons (Fsp3) is 0.111. The zero-order valence-electron chi connectivity index (χ0n) is 13.4. The molecule has 0 saturated carbocycles. The van der Waals surface area contributed by atoms with E-state index in [9.17, 15) is 4.79 Å². The number of hydrogen-bond acceptors (Lipinski definition) is 5. The molecule has 25 heavy (non-hydrogen) atoms. The fourth-order valence-corrected chi connectivity index (χ4v) is 3.88. The number of benzene rings is 1. The summed E-state index contributed by atoms with van der Waals surface area (Å²) in [5, 5.41) is 4.98. The van der Waals surface area contributed by atoms with Crippen LogP contribution in [0.4, 0.5) is 5.69 Å². The van der Waals surface area contributed by atoms with E-state index in [1.807, 2.05) is 16.8 Å². The molecule has 128 valence electrons. The molecule has 0 unspecified atom stereocenters. The maximum absolute atomic E-state index is 12.9. The molecule has 4 nitrogen and oxygen atoms in total. The Balaban J connectivity index is 1.99. The second-order valence-corrected chi connectivity index (χ2v) is 7.21. The summed E-state index contributed by atoms with van der Waals surface area (Å²) in [5.41, 5.74) is 2.01. The lowest BCUT2D eigenvalue weighted by atomic mass is 10.2. The van der Waals surface area contributed by atoms with Gasteiger partial charge in [-0.15, -0.1) is 6.58 Å². The molecule has 1 aromatic heterocycles. The van der Waals surface area contributed by atoms with E-state index in [1.165, 1.54) is 11.8 Å². The first-order valence-corrected chi connectivity index (χ1v) is 9.69. The Kier molecular flexibility index (Phi) is 5.63. The highest BCUT2D eigenvalue weighted by atomic mass is 35.5. The van der Waals surface area contributed by atoms with Crippen molar-refractivity contribution in [3.8, 4) is 5.75 Å².